The molecule has 4 aromatic rings. The van der Waals surface area contributed by atoms with Gasteiger partial charge in [-0.2, -0.15) is 0 Å². The molecule has 0 N–H and O–H groups in total. The lowest BCUT2D eigenvalue weighted by Gasteiger charge is -2.33. The molecule has 0 bridgehead atoms. The lowest BCUT2D eigenvalue weighted by Crippen LogP contribution is -2.25. The first kappa shape index (κ1) is 28.1. The lowest BCUT2D eigenvalue weighted by atomic mass is 9.70. The van der Waals surface area contributed by atoms with Crippen LogP contribution >= 0.6 is 31.9 Å². The fourth-order valence-electron chi connectivity index (χ4n) is 6.33. The van der Waals surface area contributed by atoms with E-state index in [1.165, 1.54) is 71.0 Å². The molecule has 0 aliphatic heterocycles. The van der Waals surface area contributed by atoms with E-state index < -0.39 is 0 Å². The van der Waals surface area contributed by atoms with Gasteiger partial charge in [-0.05, 0) is 95.0 Å². The molecule has 3 heteroatoms. The van der Waals surface area contributed by atoms with Crippen molar-refractivity contribution in [2.24, 2.45) is 0 Å². The summed E-state index contributed by atoms with van der Waals surface area (Å²) in [6.07, 6.45) is 11.7. The minimum atomic E-state index is 0.0228. The molecular formula is C36H36Br2O. The second kappa shape index (κ2) is 12.8. The highest BCUT2D eigenvalue weighted by atomic mass is 79.9. The Morgan fingerprint density at radius 3 is 1.95 bits per heavy atom. The SMILES string of the molecule is CCCCCCC1(CCCCc2ccc(C=O)cc2)c2cc(Br)ccc2-c2ccc(-c3ccc(Br)cc3)cc21. The smallest absolute Gasteiger partial charge is 0.150 e. The van der Waals surface area contributed by atoms with Gasteiger partial charge in [0.15, 0.2) is 0 Å². The van der Waals surface area contributed by atoms with Crippen molar-refractivity contribution >= 4 is 38.1 Å². The highest BCUT2D eigenvalue weighted by molar-refractivity contribution is 9.10. The highest BCUT2D eigenvalue weighted by Gasteiger charge is 2.42. The fraction of sp³-hybridized carbons (Fsp3) is 0.306. The molecule has 200 valence electrons. The van der Waals surface area contributed by atoms with Crippen LogP contribution in [0.3, 0.4) is 0 Å². The predicted octanol–water partition coefficient (Wildman–Crippen LogP) is 11.3. The van der Waals surface area contributed by atoms with Crippen molar-refractivity contribution in [2.75, 3.05) is 0 Å². The van der Waals surface area contributed by atoms with Crippen molar-refractivity contribution in [3.63, 3.8) is 0 Å². The third-order valence-electron chi connectivity index (χ3n) is 8.39. The van der Waals surface area contributed by atoms with Gasteiger partial charge in [0, 0.05) is 19.9 Å². The maximum absolute atomic E-state index is 11.0. The summed E-state index contributed by atoms with van der Waals surface area (Å²) in [7, 11) is 0. The molecule has 0 heterocycles. The fourth-order valence-corrected chi connectivity index (χ4v) is 6.95. The van der Waals surface area contributed by atoms with Gasteiger partial charge in [-0.3, -0.25) is 4.79 Å². The molecule has 0 saturated carbocycles. The summed E-state index contributed by atoms with van der Waals surface area (Å²) in [4.78, 5) is 11.0. The van der Waals surface area contributed by atoms with Gasteiger partial charge in [-0.15, -0.1) is 0 Å². The minimum Gasteiger partial charge on any atom is -0.298 e. The number of hydrogen-bond donors (Lipinski definition) is 0. The van der Waals surface area contributed by atoms with Gasteiger partial charge in [0.2, 0.25) is 0 Å². The van der Waals surface area contributed by atoms with Crippen LogP contribution < -0.4 is 0 Å². The van der Waals surface area contributed by atoms with E-state index in [-0.39, 0.29) is 5.41 Å². The Balaban J connectivity index is 1.49. The van der Waals surface area contributed by atoms with Gasteiger partial charge >= 0.3 is 0 Å². The molecule has 4 aromatic carbocycles. The van der Waals surface area contributed by atoms with E-state index in [0.29, 0.717) is 0 Å². The summed E-state index contributed by atoms with van der Waals surface area (Å²) in [5.74, 6) is 0. The number of carbonyl (C=O) groups is 1. The molecular weight excluding hydrogens is 608 g/mol. The average molecular weight is 644 g/mol. The zero-order valence-corrected chi connectivity index (χ0v) is 25.9. The van der Waals surface area contributed by atoms with Crippen LogP contribution in [0.25, 0.3) is 22.3 Å². The number of halogens is 2. The van der Waals surface area contributed by atoms with Gasteiger partial charge < -0.3 is 0 Å². The van der Waals surface area contributed by atoms with Gasteiger partial charge in [0.25, 0.3) is 0 Å². The van der Waals surface area contributed by atoms with Crippen LogP contribution in [0.15, 0.2) is 93.9 Å². The number of benzene rings is 4. The van der Waals surface area contributed by atoms with Crippen LogP contribution in [0.1, 0.15) is 85.3 Å². The summed E-state index contributed by atoms with van der Waals surface area (Å²) in [6, 6.07) is 30.8. The number of aldehydes is 1. The van der Waals surface area contributed by atoms with Gasteiger partial charge in [0.05, 0.1) is 0 Å². The number of fused-ring (bicyclic) bond motifs is 3. The summed E-state index contributed by atoms with van der Waals surface area (Å²) in [5, 5.41) is 0. The van der Waals surface area contributed by atoms with Crippen molar-refractivity contribution in [3.8, 4) is 22.3 Å². The van der Waals surface area contributed by atoms with Crippen molar-refractivity contribution in [3.05, 3.63) is 116 Å². The first-order valence-corrected chi connectivity index (χ1v) is 15.9. The Hall–Kier alpha value is -2.49. The van der Waals surface area contributed by atoms with Gasteiger partial charge in [-0.25, -0.2) is 0 Å². The number of aryl methyl sites for hydroxylation is 1. The van der Waals surface area contributed by atoms with Crippen LogP contribution in [-0.4, -0.2) is 6.29 Å². The molecule has 1 aliphatic rings. The molecule has 39 heavy (non-hydrogen) atoms. The Bertz CT molecular complexity index is 1420. The van der Waals surface area contributed by atoms with E-state index in [9.17, 15) is 4.79 Å². The van der Waals surface area contributed by atoms with E-state index in [1.54, 1.807) is 0 Å². The Morgan fingerprint density at radius 2 is 1.26 bits per heavy atom. The second-order valence-corrected chi connectivity index (χ2v) is 12.7. The molecule has 1 atom stereocenters. The third kappa shape index (κ3) is 6.15. The van der Waals surface area contributed by atoms with Crippen molar-refractivity contribution < 1.29 is 4.79 Å². The predicted molar refractivity (Wildman–Crippen MR) is 172 cm³/mol. The van der Waals surface area contributed by atoms with Crippen LogP contribution in [0.5, 0.6) is 0 Å². The third-order valence-corrected chi connectivity index (χ3v) is 9.41. The van der Waals surface area contributed by atoms with Crippen LogP contribution in [-0.2, 0) is 11.8 Å². The summed E-state index contributed by atoms with van der Waals surface area (Å²) >= 11 is 7.40. The molecule has 0 fully saturated rings. The minimum absolute atomic E-state index is 0.0228. The average Bonchev–Trinajstić information content (AvgIpc) is 3.22. The number of unbranched alkanes of at least 4 members (excludes halogenated alkanes) is 4. The van der Waals surface area contributed by atoms with E-state index in [0.717, 1.165) is 46.5 Å². The first-order chi connectivity index (χ1) is 19.0. The van der Waals surface area contributed by atoms with Crippen molar-refractivity contribution in [1.29, 1.82) is 0 Å². The molecule has 1 unspecified atom stereocenters. The molecule has 0 saturated heterocycles. The maximum Gasteiger partial charge on any atom is 0.150 e. The summed E-state index contributed by atoms with van der Waals surface area (Å²) in [5.41, 5.74) is 10.4. The zero-order valence-electron chi connectivity index (χ0n) is 22.7. The maximum atomic E-state index is 11.0. The molecule has 5 rings (SSSR count). The highest BCUT2D eigenvalue weighted by Crippen LogP contribution is 2.55. The van der Waals surface area contributed by atoms with Crippen molar-refractivity contribution in [2.45, 2.75) is 70.1 Å². The van der Waals surface area contributed by atoms with Crippen molar-refractivity contribution in [1.82, 2.24) is 0 Å². The number of hydrogen-bond acceptors (Lipinski definition) is 1. The summed E-state index contributed by atoms with van der Waals surface area (Å²) < 4.78 is 2.27. The lowest BCUT2D eigenvalue weighted by molar-refractivity contribution is 0.112. The normalized spacial score (nSPS) is 15.7. The van der Waals surface area contributed by atoms with Crippen LogP contribution in [0, 0.1) is 0 Å². The van der Waals surface area contributed by atoms with Gasteiger partial charge in [-0.1, -0.05) is 125 Å². The second-order valence-electron chi connectivity index (χ2n) is 10.9. The molecule has 0 amide bonds. The molecule has 0 spiro atoms. The molecule has 0 radical (unpaired) electrons. The molecule has 1 nitrogen and oxygen atoms in total. The van der Waals surface area contributed by atoms with Crippen LogP contribution in [0.2, 0.25) is 0 Å². The Kier molecular flexibility index (Phi) is 9.20. The monoisotopic (exact) mass is 642 g/mol. The largest absolute Gasteiger partial charge is 0.298 e. The number of carbonyl (C=O) groups excluding carboxylic acids is 1. The van der Waals surface area contributed by atoms with Gasteiger partial charge in [0.1, 0.15) is 6.29 Å². The van der Waals surface area contributed by atoms with E-state index in [4.69, 9.17) is 0 Å². The van der Waals surface area contributed by atoms with E-state index >= 15 is 0 Å². The Morgan fingerprint density at radius 1 is 0.641 bits per heavy atom. The first-order valence-electron chi connectivity index (χ1n) is 14.3. The molecule has 1 aliphatic carbocycles. The summed E-state index contributed by atoms with van der Waals surface area (Å²) in [6.45, 7) is 2.29. The zero-order chi connectivity index (χ0) is 27.2. The quantitative estimate of drug-likeness (QED) is 0.111. The standard InChI is InChI=1S/C36H36Br2O/c1-2-3-4-6-21-36(22-7-5-8-26-9-11-27(25-39)12-10-26)34-23-29(28-13-16-30(37)17-14-28)15-19-32(34)33-20-18-31(38)24-35(33)36/h9-20,23-25H,2-8,21-22H2,1H3. The molecule has 0 aromatic heterocycles. The number of rotatable bonds is 12. The Labute approximate surface area is 250 Å². The van der Waals surface area contributed by atoms with Crippen LogP contribution in [0.4, 0.5) is 0 Å². The topological polar surface area (TPSA) is 17.1 Å². The van der Waals surface area contributed by atoms with E-state index in [2.05, 4.69) is 112 Å². The van der Waals surface area contributed by atoms with E-state index in [1.807, 2.05) is 12.1 Å².